The Bertz CT molecular complexity index is 323. The van der Waals surface area contributed by atoms with Gasteiger partial charge < -0.3 is 10.2 Å². The highest BCUT2D eigenvalue weighted by Gasteiger charge is 2.11. The second-order valence-corrected chi connectivity index (χ2v) is 4.79. The third-order valence-corrected chi connectivity index (χ3v) is 2.94. The first-order chi connectivity index (χ1) is 7.06. The zero-order valence-corrected chi connectivity index (χ0v) is 11.4. The second-order valence-electron chi connectivity index (χ2n) is 3.88. The van der Waals surface area contributed by atoms with E-state index < -0.39 is 0 Å². The van der Waals surface area contributed by atoms with Crippen molar-refractivity contribution < 1.29 is 0 Å². The minimum absolute atomic E-state index is 0.389. The molecule has 1 unspecified atom stereocenters. The molecule has 0 heterocycles. The maximum Gasteiger partial charge on any atom is 0.0420 e. The predicted molar refractivity (Wildman–Crippen MR) is 70.6 cm³/mol. The van der Waals surface area contributed by atoms with E-state index in [1.165, 1.54) is 11.3 Å². The van der Waals surface area contributed by atoms with E-state index in [0.29, 0.717) is 6.04 Å². The molecule has 0 saturated carbocycles. The molecule has 15 heavy (non-hydrogen) atoms. The number of rotatable bonds is 4. The van der Waals surface area contributed by atoms with Gasteiger partial charge in [0.15, 0.2) is 0 Å². The molecule has 0 amide bonds. The zero-order chi connectivity index (χ0) is 11.4. The molecule has 0 fully saturated rings. The van der Waals surface area contributed by atoms with Gasteiger partial charge >= 0.3 is 0 Å². The van der Waals surface area contributed by atoms with Crippen molar-refractivity contribution >= 4 is 21.6 Å². The molecule has 84 valence electrons. The van der Waals surface area contributed by atoms with Crippen LogP contribution in [0.15, 0.2) is 22.7 Å². The fourth-order valence-electron chi connectivity index (χ4n) is 1.69. The maximum absolute atomic E-state index is 3.51. The van der Waals surface area contributed by atoms with Gasteiger partial charge in [0.05, 0.1) is 0 Å². The Kier molecular flexibility index (Phi) is 4.61. The average molecular weight is 271 g/mol. The third kappa shape index (κ3) is 3.21. The van der Waals surface area contributed by atoms with E-state index in [0.717, 1.165) is 11.0 Å². The Labute approximate surface area is 101 Å². The molecule has 1 aromatic carbocycles. The summed E-state index contributed by atoms with van der Waals surface area (Å²) in [5.41, 5.74) is 2.60. The van der Waals surface area contributed by atoms with Gasteiger partial charge in [-0.25, -0.2) is 0 Å². The van der Waals surface area contributed by atoms with Gasteiger partial charge in [-0.3, -0.25) is 0 Å². The molecule has 0 aliphatic carbocycles. The Balaban J connectivity index is 3.05. The summed E-state index contributed by atoms with van der Waals surface area (Å²) in [5, 5.41) is 3.43. The SMILES string of the molecule is CCNC(C)c1ccc(Br)cc1N(C)C. The molecule has 0 aromatic heterocycles. The molecule has 0 bridgehead atoms. The highest BCUT2D eigenvalue weighted by Crippen LogP contribution is 2.28. The Morgan fingerprint density at radius 1 is 1.40 bits per heavy atom. The van der Waals surface area contributed by atoms with E-state index in [1.807, 2.05) is 0 Å². The molecule has 0 spiro atoms. The van der Waals surface area contributed by atoms with Crippen LogP contribution in [0.4, 0.5) is 5.69 Å². The van der Waals surface area contributed by atoms with Crippen molar-refractivity contribution in [3.63, 3.8) is 0 Å². The monoisotopic (exact) mass is 270 g/mol. The van der Waals surface area contributed by atoms with Gasteiger partial charge in [-0.2, -0.15) is 0 Å². The molecule has 0 aliphatic rings. The number of anilines is 1. The van der Waals surface area contributed by atoms with E-state index in [1.54, 1.807) is 0 Å². The summed E-state index contributed by atoms with van der Waals surface area (Å²) in [4.78, 5) is 2.15. The molecule has 2 nitrogen and oxygen atoms in total. The van der Waals surface area contributed by atoms with Crippen molar-refractivity contribution in [3.05, 3.63) is 28.2 Å². The first-order valence-corrected chi connectivity index (χ1v) is 6.05. The Morgan fingerprint density at radius 3 is 2.60 bits per heavy atom. The highest BCUT2D eigenvalue weighted by atomic mass is 79.9. The predicted octanol–water partition coefficient (Wildman–Crippen LogP) is 3.19. The van der Waals surface area contributed by atoms with Crippen LogP contribution in [0.1, 0.15) is 25.5 Å². The van der Waals surface area contributed by atoms with Crippen molar-refractivity contribution in [2.45, 2.75) is 19.9 Å². The third-order valence-electron chi connectivity index (χ3n) is 2.45. The van der Waals surface area contributed by atoms with Crippen LogP contribution < -0.4 is 10.2 Å². The molecule has 1 atom stereocenters. The first kappa shape index (κ1) is 12.5. The summed E-state index contributed by atoms with van der Waals surface area (Å²) >= 11 is 3.51. The van der Waals surface area contributed by atoms with Crippen molar-refractivity contribution in [1.82, 2.24) is 5.32 Å². The summed E-state index contributed by atoms with van der Waals surface area (Å²) in [6, 6.07) is 6.81. The summed E-state index contributed by atoms with van der Waals surface area (Å²) in [6.45, 7) is 5.31. The quantitative estimate of drug-likeness (QED) is 0.904. The van der Waals surface area contributed by atoms with Crippen molar-refractivity contribution in [2.24, 2.45) is 0 Å². The Morgan fingerprint density at radius 2 is 2.07 bits per heavy atom. The van der Waals surface area contributed by atoms with Gasteiger partial charge in [-0.1, -0.05) is 28.9 Å². The molecular formula is C12H19BrN2. The van der Waals surface area contributed by atoms with E-state index in [2.05, 4.69) is 72.3 Å². The number of hydrogen-bond acceptors (Lipinski definition) is 2. The summed E-state index contributed by atoms with van der Waals surface area (Å²) in [5.74, 6) is 0. The lowest BCUT2D eigenvalue weighted by molar-refractivity contribution is 0.598. The van der Waals surface area contributed by atoms with Crippen LogP contribution in [-0.2, 0) is 0 Å². The Hall–Kier alpha value is -0.540. The van der Waals surface area contributed by atoms with Gasteiger partial charge in [0.25, 0.3) is 0 Å². The highest BCUT2D eigenvalue weighted by molar-refractivity contribution is 9.10. The average Bonchev–Trinajstić information content (AvgIpc) is 2.17. The van der Waals surface area contributed by atoms with Crippen LogP contribution in [0.3, 0.4) is 0 Å². The minimum atomic E-state index is 0.389. The van der Waals surface area contributed by atoms with E-state index >= 15 is 0 Å². The molecule has 0 radical (unpaired) electrons. The van der Waals surface area contributed by atoms with Gasteiger partial charge in [0.2, 0.25) is 0 Å². The minimum Gasteiger partial charge on any atom is -0.377 e. The maximum atomic E-state index is 3.51. The van der Waals surface area contributed by atoms with Crippen LogP contribution in [-0.4, -0.2) is 20.6 Å². The topological polar surface area (TPSA) is 15.3 Å². The normalized spacial score (nSPS) is 12.6. The zero-order valence-electron chi connectivity index (χ0n) is 9.84. The lowest BCUT2D eigenvalue weighted by Crippen LogP contribution is -2.21. The number of hydrogen-bond donors (Lipinski definition) is 1. The smallest absolute Gasteiger partial charge is 0.0420 e. The second kappa shape index (κ2) is 5.52. The van der Waals surface area contributed by atoms with Crippen LogP contribution in [0.2, 0.25) is 0 Å². The molecule has 0 saturated heterocycles. The van der Waals surface area contributed by atoms with Gasteiger partial charge in [0.1, 0.15) is 0 Å². The number of halogens is 1. The standard InChI is InChI=1S/C12H19BrN2/c1-5-14-9(2)11-7-6-10(13)8-12(11)15(3)4/h6-9,14H,5H2,1-4H3. The van der Waals surface area contributed by atoms with E-state index in [4.69, 9.17) is 0 Å². The van der Waals surface area contributed by atoms with Crippen LogP contribution in [0.5, 0.6) is 0 Å². The number of benzene rings is 1. The lowest BCUT2D eigenvalue weighted by atomic mass is 10.1. The summed E-state index contributed by atoms with van der Waals surface area (Å²) in [7, 11) is 4.15. The van der Waals surface area contributed by atoms with Gasteiger partial charge in [-0.05, 0) is 31.2 Å². The van der Waals surface area contributed by atoms with Gasteiger partial charge in [0, 0.05) is 30.3 Å². The summed E-state index contributed by atoms with van der Waals surface area (Å²) < 4.78 is 1.12. The molecule has 1 rings (SSSR count). The molecule has 3 heteroatoms. The fraction of sp³-hybridized carbons (Fsp3) is 0.500. The number of nitrogens with zero attached hydrogens (tertiary/aromatic N) is 1. The van der Waals surface area contributed by atoms with Crippen molar-refractivity contribution in [3.8, 4) is 0 Å². The lowest BCUT2D eigenvalue weighted by Gasteiger charge is -2.22. The molecule has 0 aliphatic heterocycles. The van der Waals surface area contributed by atoms with Crippen LogP contribution in [0.25, 0.3) is 0 Å². The van der Waals surface area contributed by atoms with E-state index in [-0.39, 0.29) is 0 Å². The van der Waals surface area contributed by atoms with Gasteiger partial charge in [-0.15, -0.1) is 0 Å². The fourth-order valence-corrected chi connectivity index (χ4v) is 2.04. The molecule has 1 aromatic rings. The largest absolute Gasteiger partial charge is 0.377 e. The summed E-state index contributed by atoms with van der Waals surface area (Å²) in [6.07, 6.45) is 0. The molecular weight excluding hydrogens is 252 g/mol. The van der Waals surface area contributed by atoms with Crippen LogP contribution in [0, 0.1) is 0 Å². The van der Waals surface area contributed by atoms with Crippen molar-refractivity contribution in [1.29, 1.82) is 0 Å². The van der Waals surface area contributed by atoms with Crippen LogP contribution >= 0.6 is 15.9 Å². The van der Waals surface area contributed by atoms with E-state index in [9.17, 15) is 0 Å². The first-order valence-electron chi connectivity index (χ1n) is 5.26. The number of nitrogens with one attached hydrogen (secondary N) is 1. The molecule has 1 N–H and O–H groups in total. The van der Waals surface area contributed by atoms with Crippen molar-refractivity contribution in [2.75, 3.05) is 25.5 Å².